The maximum absolute atomic E-state index is 2.40. The molecule has 1 aliphatic rings. The summed E-state index contributed by atoms with van der Waals surface area (Å²) in [4.78, 5) is 2.38. The fraction of sp³-hybridized carbons (Fsp3) is 0.238. The average Bonchev–Trinajstić information content (AvgIpc) is 3.06. The van der Waals surface area contributed by atoms with Gasteiger partial charge in [-0.2, -0.15) is 0 Å². The predicted molar refractivity (Wildman–Crippen MR) is 187 cm³/mol. The second-order valence-electron chi connectivity index (χ2n) is 11.9. The van der Waals surface area contributed by atoms with Gasteiger partial charge in [0.1, 0.15) is 0 Å². The maximum atomic E-state index is 2.40. The lowest BCUT2D eigenvalue weighted by Crippen LogP contribution is -2.21. The Kier molecular flexibility index (Phi) is 9.62. The highest BCUT2D eigenvalue weighted by molar-refractivity contribution is 5.71. The minimum atomic E-state index is -0.0737. The van der Waals surface area contributed by atoms with Crippen molar-refractivity contribution in [3.63, 3.8) is 0 Å². The van der Waals surface area contributed by atoms with Crippen molar-refractivity contribution < 1.29 is 0 Å². The molecule has 0 saturated carbocycles. The molecule has 0 heterocycles. The van der Waals surface area contributed by atoms with Crippen molar-refractivity contribution in [3.8, 4) is 11.1 Å². The summed E-state index contributed by atoms with van der Waals surface area (Å²) in [6, 6.07) is 37.6. The molecule has 1 nitrogen and oxygen atoms in total. The van der Waals surface area contributed by atoms with E-state index in [0.29, 0.717) is 0 Å². The van der Waals surface area contributed by atoms with Crippen LogP contribution in [0.5, 0.6) is 0 Å². The molecular formula is C42H45N. The fourth-order valence-corrected chi connectivity index (χ4v) is 6.17. The number of rotatable bonds is 10. The summed E-state index contributed by atoms with van der Waals surface area (Å²) in [7, 11) is 0. The Labute approximate surface area is 259 Å². The molecule has 5 rings (SSSR count). The summed E-state index contributed by atoms with van der Waals surface area (Å²) in [5.74, 6) is 0. The molecule has 0 N–H and O–H groups in total. The zero-order valence-corrected chi connectivity index (χ0v) is 26.5. The SMILES string of the molecule is CC/C(=C\C=C(/C)N(C1=CCCC=C1)c1ccc(-c2ccccc2)cc1)c1cccc(C(C)(C)c2ccccc2CC)c1. The van der Waals surface area contributed by atoms with Crippen molar-refractivity contribution in [2.45, 2.75) is 65.7 Å². The Balaban J connectivity index is 1.47. The summed E-state index contributed by atoms with van der Waals surface area (Å²) in [6.45, 7) is 11.4. The van der Waals surface area contributed by atoms with Crippen LogP contribution in [0.3, 0.4) is 0 Å². The first-order valence-corrected chi connectivity index (χ1v) is 15.8. The summed E-state index contributed by atoms with van der Waals surface area (Å²) >= 11 is 0. The lowest BCUT2D eigenvalue weighted by atomic mass is 9.75. The van der Waals surface area contributed by atoms with E-state index < -0.39 is 0 Å². The van der Waals surface area contributed by atoms with Crippen molar-refractivity contribution in [2.24, 2.45) is 0 Å². The van der Waals surface area contributed by atoms with E-state index >= 15 is 0 Å². The number of hydrogen-bond donors (Lipinski definition) is 0. The van der Waals surface area contributed by atoms with Crippen molar-refractivity contribution in [1.29, 1.82) is 0 Å². The van der Waals surface area contributed by atoms with E-state index in [2.05, 4.69) is 173 Å². The van der Waals surface area contributed by atoms with Crippen molar-refractivity contribution in [2.75, 3.05) is 4.90 Å². The van der Waals surface area contributed by atoms with E-state index in [0.717, 1.165) is 25.7 Å². The average molecular weight is 564 g/mol. The van der Waals surface area contributed by atoms with Gasteiger partial charge in [0.05, 0.1) is 0 Å². The van der Waals surface area contributed by atoms with Crippen LogP contribution in [0.4, 0.5) is 5.69 Å². The summed E-state index contributed by atoms with van der Waals surface area (Å²) in [5, 5.41) is 0. The molecule has 0 amide bonds. The summed E-state index contributed by atoms with van der Waals surface area (Å²) in [5.41, 5.74) is 12.8. The first-order valence-electron chi connectivity index (χ1n) is 15.8. The molecule has 0 atom stereocenters. The summed E-state index contributed by atoms with van der Waals surface area (Å²) in [6.07, 6.45) is 15.7. The van der Waals surface area contributed by atoms with Crippen LogP contribution >= 0.6 is 0 Å². The highest BCUT2D eigenvalue weighted by Crippen LogP contribution is 2.36. The van der Waals surface area contributed by atoms with E-state index in [1.165, 1.54) is 56.0 Å². The third-order valence-electron chi connectivity index (χ3n) is 8.75. The van der Waals surface area contributed by atoms with E-state index in [-0.39, 0.29) is 5.41 Å². The highest BCUT2D eigenvalue weighted by Gasteiger charge is 2.25. The van der Waals surface area contributed by atoms with E-state index in [1.807, 2.05) is 0 Å². The molecule has 4 aromatic carbocycles. The van der Waals surface area contributed by atoms with E-state index in [4.69, 9.17) is 0 Å². The molecule has 0 unspecified atom stereocenters. The second kappa shape index (κ2) is 13.7. The number of benzene rings is 4. The van der Waals surface area contributed by atoms with Crippen molar-refractivity contribution in [3.05, 3.63) is 167 Å². The van der Waals surface area contributed by atoms with Gasteiger partial charge in [0.25, 0.3) is 0 Å². The molecule has 218 valence electrons. The Bertz CT molecular complexity index is 1640. The first kappa shape index (κ1) is 30.1. The first-order chi connectivity index (χ1) is 20.9. The van der Waals surface area contributed by atoms with Gasteiger partial charge in [-0.1, -0.05) is 137 Å². The molecule has 4 aromatic rings. The highest BCUT2D eigenvalue weighted by atomic mass is 15.1. The molecular weight excluding hydrogens is 518 g/mol. The predicted octanol–water partition coefficient (Wildman–Crippen LogP) is 11.7. The van der Waals surface area contributed by atoms with Crippen LogP contribution in [0.1, 0.15) is 76.1 Å². The van der Waals surface area contributed by atoms with Gasteiger partial charge in [-0.3, -0.25) is 0 Å². The van der Waals surface area contributed by atoms with Crippen LogP contribution in [0.25, 0.3) is 16.7 Å². The topological polar surface area (TPSA) is 3.24 Å². The number of anilines is 1. The Morgan fingerprint density at radius 3 is 2.19 bits per heavy atom. The van der Waals surface area contributed by atoms with Crippen LogP contribution < -0.4 is 4.90 Å². The minimum absolute atomic E-state index is 0.0737. The molecule has 1 heteroatoms. The molecule has 0 radical (unpaired) electrons. The number of allylic oxidation sites excluding steroid dienone is 7. The molecule has 0 fully saturated rings. The lowest BCUT2D eigenvalue weighted by molar-refractivity contribution is 0.632. The largest absolute Gasteiger partial charge is 0.315 e. The van der Waals surface area contributed by atoms with Crippen LogP contribution in [-0.4, -0.2) is 0 Å². The Hall–Kier alpha value is -4.36. The number of aryl methyl sites for hydroxylation is 1. The normalized spacial score (nSPS) is 14.0. The molecule has 0 bridgehead atoms. The van der Waals surface area contributed by atoms with E-state index in [1.54, 1.807) is 0 Å². The second-order valence-corrected chi connectivity index (χ2v) is 11.9. The monoisotopic (exact) mass is 563 g/mol. The minimum Gasteiger partial charge on any atom is -0.315 e. The third-order valence-corrected chi connectivity index (χ3v) is 8.75. The Morgan fingerprint density at radius 2 is 1.49 bits per heavy atom. The zero-order valence-electron chi connectivity index (χ0n) is 26.5. The molecule has 43 heavy (non-hydrogen) atoms. The van der Waals surface area contributed by atoms with Gasteiger partial charge in [-0.15, -0.1) is 0 Å². The summed E-state index contributed by atoms with van der Waals surface area (Å²) < 4.78 is 0. The maximum Gasteiger partial charge on any atom is 0.0458 e. The van der Waals surface area contributed by atoms with Crippen LogP contribution in [0, 0.1) is 0 Å². The zero-order chi connectivity index (χ0) is 30.2. The van der Waals surface area contributed by atoms with Gasteiger partial charge in [-0.25, -0.2) is 0 Å². The smallest absolute Gasteiger partial charge is 0.0458 e. The van der Waals surface area contributed by atoms with Gasteiger partial charge in [0.15, 0.2) is 0 Å². The molecule has 0 saturated heterocycles. The quantitative estimate of drug-likeness (QED) is 0.173. The van der Waals surface area contributed by atoms with Crippen LogP contribution in [0.2, 0.25) is 0 Å². The van der Waals surface area contributed by atoms with Crippen molar-refractivity contribution >= 4 is 11.3 Å². The molecule has 0 aromatic heterocycles. The fourth-order valence-electron chi connectivity index (χ4n) is 6.17. The van der Waals surface area contributed by atoms with E-state index in [9.17, 15) is 0 Å². The van der Waals surface area contributed by atoms with Crippen LogP contribution in [0.15, 0.2) is 145 Å². The van der Waals surface area contributed by atoms with Gasteiger partial charge in [0, 0.05) is 22.5 Å². The Morgan fingerprint density at radius 1 is 0.767 bits per heavy atom. The standard InChI is InChI=1S/C42H45N/c1-6-33(37-20-16-21-38(31-37)42(4,5)41-24-15-14-17-34(41)7-2)26-25-32(3)43(39-22-12-9-13-23-39)40-29-27-36(28-30-40)35-18-10-8-11-19-35/h8,10-12,14-31H,6-7,9,13H2,1-5H3/b32-25+,33-26+. The number of nitrogens with zero attached hydrogens (tertiary/aromatic N) is 1. The number of hydrogen-bond acceptors (Lipinski definition) is 1. The lowest BCUT2D eigenvalue weighted by Gasteiger charge is -2.29. The third kappa shape index (κ3) is 6.83. The van der Waals surface area contributed by atoms with Crippen molar-refractivity contribution in [1.82, 2.24) is 0 Å². The molecule has 0 spiro atoms. The van der Waals surface area contributed by atoms with Crippen LogP contribution in [-0.2, 0) is 11.8 Å². The van der Waals surface area contributed by atoms with Gasteiger partial charge < -0.3 is 4.90 Å². The molecule has 0 aliphatic heterocycles. The van der Waals surface area contributed by atoms with Gasteiger partial charge in [0.2, 0.25) is 0 Å². The van der Waals surface area contributed by atoms with Gasteiger partial charge >= 0.3 is 0 Å². The molecule has 1 aliphatic carbocycles. The van der Waals surface area contributed by atoms with Gasteiger partial charge in [-0.05, 0) is 95.8 Å².